The van der Waals surface area contributed by atoms with E-state index in [-0.39, 0.29) is 17.4 Å². The van der Waals surface area contributed by atoms with E-state index in [4.69, 9.17) is 0 Å². The van der Waals surface area contributed by atoms with E-state index in [0.29, 0.717) is 0 Å². The standard InChI is InChI=1S/C21H27N7O4S/c1-12-5-6-16(22-9-12)26-18(30)17(29)23-10-14(21(32)27(2)3)24-19(31)20-25-13-7-8-28(4)11-15(13)33-20/h5-6,9,14H,7-8,10-11H2,1-4H3,(H,23,29)(H,24,31)(H,22,26,30). The molecule has 11 nitrogen and oxygen atoms in total. The summed E-state index contributed by atoms with van der Waals surface area (Å²) in [5.41, 5.74) is 1.81. The van der Waals surface area contributed by atoms with E-state index < -0.39 is 29.7 Å². The maximum atomic E-state index is 12.8. The summed E-state index contributed by atoms with van der Waals surface area (Å²) >= 11 is 1.29. The predicted molar refractivity (Wildman–Crippen MR) is 123 cm³/mol. The summed E-state index contributed by atoms with van der Waals surface area (Å²) in [6, 6.07) is 2.26. The number of fused-ring (bicyclic) bond motifs is 1. The van der Waals surface area contributed by atoms with Crippen LogP contribution in [-0.2, 0) is 27.3 Å². The van der Waals surface area contributed by atoms with Crippen molar-refractivity contribution in [3.8, 4) is 0 Å². The number of hydrogen-bond acceptors (Lipinski definition) is 8. The van der Waals surface area contributed by atoms with Crippen LogP contribution in [0.5, 0.6) is 0 Å². The van der Waals surface area contributed by atoms with Crippen molar-refractivity contribution in [2.45, 2.75) is 25.9 Å². The zero-order chi connectivity index (χ0) is 24.1. The molecule has 3 N–H and O–H groups in total. The van der Waals surface area contributed by atoms with Crippen molar-refractivity contribution >= 4 is 40.8 Å². The molecular formula is C21H27N7O4S. The highest BCUT2D eigenvalue weighted by atomic mass is 32.1. The average molecular weight is 474 g/mol. The molecule has 0 radical (unpaired) electrons. The number of rotatable bonds is 6. The number of nitrogens with zero attached hydrogens (tertiary/aromatic N) is 4. The third-order valence-electron chi connectivity index (χ3n) is 4.99. The molecule has 176 valence electrons. The summed E-state index contributed by atoms with van der Waals surface area (Å²) in [6.45, 7) is 3.18. The molecule has 1 aliphatic heterocycles. The van der Waals surface area contributed by atoms with E-state index in [1.54, 1.807) is 18.3 Å². The van der Waals surface area contributed by atoms with E-state index in [9.17, 15) is 19.2 Å². The molecular weight excluding hydrogens is 446 g/mol. The van der Waals surface area contributed by atoms with Gasteiger partial charge in [0.25, 0.3) is 5.91 Å². The predicted octanol–water partition coefficient (Wildman–Crippen LogP) is -0.224. The van der Waals surface area contributed by atoms with Crippen molar-refractivity contribution in [1.82, 2.24) is 30.4 Å². The lowest BCUT2D eigenvalue weighted by Crippen LogP contribution is -2.53. The highest BCUT2D eigenvalue weighted by Gasteiger charge is 2.27. The van der Waals surface area contributed by atoms with E-state index in [0.717, 1.165) is 35.6 Å². The minimum Gasteiger partial charge on any atom is -0.347 e. The maximum absolute atomic E-state index is 12.8. The van der Waals surface area contributed by atoms with Gasteiger partial charge in [-0.3, -0.25) is 19.2 Å². The maximum Gasteiger partial charge on any atom is 0.314 e. The summed E-state index contributed by atoms with van der Waals surface area (Å²) in [4.78, 5) is 62.6. The van der Waals surface area contributed by atoms with Crippen LogP contribution in [0.25, 0.3) is 0 Å². The number of carbonyl (C=O) groups is 4. The van der Waals surface area contributed by atoms with E-state index >= 15 is 0 Å². The Hall–Kier alpha value is -3.38. The average Bonchev–Trinajstić information content (AvgIpc) is 3.20. The molecule has 0 aliphatic carbocycles. The fourth-order valence-electron chi connectivity index (χ4n) is 3.14. The second kappa shape index (κ2) is 10.5. The largest absolute Gasteiger partial charge is 0.347 e. The quantitative estimate of drug-likeness (QED) is 0.493. The van der Waals surface area contributed by atoms with Crippen molar-refractivity contribution in [3.05, 3.63) is 39.5 Å². The topological polar surface area (TPSA) is 137 Å². The van der Waals surface area contributed by atoms with Crippen molar-refractivity contribution in [2.24, 2.45) is 0 Å². The number of nitrogens with one attached hydrogen (secondary N) is 3. The summed E-state index contributed by atoms with van der Waals surface area (Å²) < 4.78 is 0. The molecule has 33 heavy (non-hydrogen) atoms. The summed E-state index contributed by atoms with van der Waals surface area (Å²) in [5.74, 6) is -2.57. The van der Waals surface area contributed by atoms with Crippen LogP contribution in [0.3, 0.4) is 0 Å². The fraction of sp³-hybridized carbons (Fsp3) is 0.429. The molecule has 1 atom stereocenters. The van der Waals surface area contributed by atoms with Gasteiger partial charge in [0.2, 0.25) is 5.91 Å². The van der Waals surface area contributed by atoms with Crippen LogP contribution in [-0.4, -0.2) is 83.7 Å². The summed E-state index contributed by atoms with van der Waals surface area (Å²) in [7, 11) is 5.08. The normalized spacial score (nSPS) is 14.1. The highest BCUT2D eigenvalue weighted by Crippen LogP contribution is 2.24. The van der Waals surface area contributed by atoms with E-state index in [1.165, 1.54) is 30.3 Å². The fourth-order valence-corrected chi connectivity index (χ4v) is 4.23. The summed E-state index contributed by atoms with van der Waals surface area (Å²) in [6.07, 6.45) is 2.32. The molecule has 0 saturated carbocycles. The monoisotopic (exact) mass is 473 g/mol. The van der Waals surface area contributed by atoms with Crippen molar-refractivity contribution in [1.29, 1.82) is 0 Å². The Bertz CT molecular complexity index is 1050. The van der Waals surface area contributed by atoms with Crippen LogP contribution >= 0.6 is 11.3 Å². The second-order valence-corrected chi connectivity index (χ2v) is 9.10. The van der Waals surface area contributed by atoms with Gasteiger partial charge in [-0.2, -0.15) is 0 Å². The van der Waals surface area contributed by atoms with Gasteiger partial charge < -0.3 is 25.8 Å². The first kappa shape index (κ1) is 24.3. The number of anilines is 1. The van der Waals surface area contributed by atoms with Crippen molar-refractivity contribution < 1.29 is 19.2 Å². The number of pyridine rings is 1. The molecule has 0 spiro atoms. The number of aromatic nitrogens is 2. The lowest BCUT2D eigenvalue weighted by molar-refractivity contribution is -0.136. The Morgan fingerprint density at radius 3 is 2.64 bits per heavy atom. The SMILES string of the molecule is Cc1ccc(NC(=O)C(=O)NCC(NC(=O)c2nc3c(s2)CN(C)CC3)C(=O)N(C)C)nc1. The van der Waals surface area contributed by atoms with Gasteiger partial charge in [0.15, 0.2) is 5.01 Å². The Labute approximate surface area is 195 Å². The molecule has 0 fully saturated rings. The highest BCUT2D eigenvalue weighted by molar-refractivity contribution is 7.13. The first-order chi connectivity index (χ1) is 15.6. The molecule has 3 heterocycles. The molecule has 2 aromatic heterocycles. The van der Waals surface area contributed by atoms with Gasteiger partial charge in [-0.25, -0.2) is 9.97 Å². The van der Waals surface area contributed by atoms with Crippen LogP contribution in [0, 0.1) is 6.92 Å². The number of likely N-dealkylation sites (N-methyl/N-ethyl adjacent to an activating group) is 2. The third-order valence-corrected chi connectivity index (χ3v) is 6.07. The van der Waals surface area contributed by atoms with Gasteiger partial charge in [0.1, 0.15) is 11.9 Å². The molecule has 1 unspecified atom stereocenters. The van der Waals surface area contributed by atoms with Gasteiger partial charge in [-0.05, 0) is 25.6 Å². The minimum absolute atomic E-state index is 0.230. The summed E-state index contributed by atoms with van der Waals surface area (Å²) in [5, 5.41) is 7.68. The number of thiazole rings is 1. The molecule has 3 rings (SSSR count). The Morgan fingerprint density at radius 2 is 1.97 bits per heavy atom. The zero-order valence-electron chi connectivity index (χ0n) is 19.0. The lowest BCUT2D eigenvalue weighted by Gasteiger charge is -2.21. The van der Waals surface area contributed by atoms with Crippen LogP contribution in [0.1, 0.15) is 25.9 Å². The van der Waals surface area contributed by atoms with Crippen molar-refractivity contribution in [2.75, 3.05) is 39.5 Å². The zero-order valence-corrected chi connectivity index (χ0v) is 19.8. The van der Waals surface area contributed by atoms with Gasteiger partial charge in [-0.15, -0.1) is 11.3 Å². The first-order valence-corrected chi connectivity index (χ1v) is 11.2. The lowest BCUT2D eigenvalue weighted by atomic mass is 10.2. The van der Waals surface area contributed by atoms with Crippen LogP contribution in [0.4, 0.5) is 5.82 Å². The number of carbonyl (C=O) groups excluding carboxylic acids is 4. The molecule has 0 aromatic carbocycles. The van der Waals surface area contributed by atoms with E-state index in [1.807, 2.05) is 14.0 Å². The minimum atomic E-state index is -1.06. The van der Waals surface area contributed by atoms with Crippen LogP contribution < -0.4 is 16.0 Å². The van der Waals surface area contributed by atoms with Crippen LogP contribution in [0.15, 0.2) is 18.3 Å². The first-order valence-electron chi connectivity index (χ1n) is 10.3. The van der Waals surface area contributed by atoms with Gasteiger partial charge in [0.05, 0.1) is 5.69 Å². The number of hydrogen-bond donors (Lipinski definition) is 3. The Morgan fingerprint density at radius 1 is 1.21 bits per heavy atom. The molecule has 2 aromatic rings. The molecule has 0 bridgehead atoms. The molecule has 0 saturated heterocycles. The smallest absolute Gasteiger partial charge is 0.314 e. The van der Waals surface area contributed by atoms with Gasteiger partial charge >= 0.3 is 11.8 Å². The molecule has 1 aliphatic rings. The molecule has 4 amide bonds. The van der Waals surface area contributed by atoms with Crippen LogP contribution in [0.2, 0.25) is 0 Å². The number of aryl methyl sites for hydroxylation is 1. The molecule has 12 heteroatoms. The number of amides is 4. The van der Waals surface area contributed by atoms with Gasteiger partial charge in [-0.1, -0.05) is 6.07 Å². The van der Waals surface area contributed by atoms with E-state index in [2.05, 4.69) is 30.8 Å². The second-order valence-electron chi connectivity index (χ2n) is 8.02. The Kier molecular flexibility index (Phi) is 7.71. The van der Waals surface area contributed by atoms with Gasteiger partial charge in [0, 0.05) is 51.2 Å². The van der Waals surface area contributed by atoms with Crippen molar-refractivity contribution in [3.63, 3.8) is 0 Å². The third kappa shape index (κ3) is 6.33. The Balaban J connectivity index is 1.62.